The molecule has 0 amide bonds. The lowest BCUT2D eigenvalue weighted by Crippen LogP contribution is -2.11. The third kappa shape index (κ3) is 7.84. The van der Waals surface area contributed by atoms with Gasteiger partial charge in [0.15, 0.2) is 0 Å². The predicted octanol–water partition coefficient (Wildman–Crippen LogP) is 5.04. The van der Waals surface area contributed by atoms with Gasteiger partial charge in [-0.1, -0.05) is 19.3 Å². The number of nitrogens with two attached hydrogens (primary N) is 2. The van der Waals surface area contributed by atoms with E-state index in [0.717, 1.165) is 42.3 Å². The largest absolute Gasteiger partial charge is 0.494 e. The molecule has 2 rings (SSSR count). The number of nitrogen functional groups attached to an aromatic ring is 2. The van der Waals surface area contributed by atoms with E-state index in [9.17, 15) is 0 Å². The van der Waals surface area contributed by atoms with Gasteiger partial charge in [0.2, 0.25) is 0 Å². The van der Waals surface area contributed by atoms with Crippen molar-refractivity contribution in [3.63, 3.8) is 0 Å². The Labute approximate surface area is 151 Å². The van der Waals surface area contributed by atoms with Gasteiger partial charge in [0.05, 0.1) is 12.7 Å². The van der Waals surface area contributed by atoms with Crippen LogP contribution >= 0.6 is 0 Å². The van der Waals surface area contributed by atoms with Crippen LogP contribution in [0.1, 0.15) is 45.4 Å². The molecular weight excluding hydrogens is 312 g/mol. The lowest BCUT2D eigenvalue weighted by molar-refractivity contribution is 0.206. The Kier molecular flexibility index (Phi) is 7.96. The van der Waals surface area contributed by atoms with Crippen molar-refractivity contribution in [2.24, 2.45) is 0 Å². The summed E-state index contributed by atoms with van der Waals surface area (Å²) in [6, 6.07) is 15.1. The van der Waals surface area contributed by atoms with Crippen LogP contribution in [-0.2, 0) is 0 Å². The zero-order valence-corrected chi connectivity index (χ0v) is 15.1. The van der Waals surface area contributed by atoms with Gasteiger partial charge < -0.3 is 20.9 Å². The number of hydrogen-bond donors (Lipinski definition) is 2. The van der Waals surface area contributed by atoms with Gasteiger partial charge in [-0.15, -0.1) is 0 Å². The molecule has 2 aromatic rings. The molecule has 0 saturated heterocycles. The third-order valence-corrected chi connectivity index (χ3v) is 4.12. The normalized spacial score (nSPS) is 11.9. The second kappa shape index (κ2) is 10.5. The first-order valence-corrected chi connectivity index (χ1v) is 9.14. The summed E-state index contributed by atoms with van der Waals surface area (Å²) >= 11 is 0. The number of unbranched alkanes of at least 4 members (excludes halogenated alkanes) is 4. The van der Waals surface area contributed by atoms with E-state index in [1.165, 1.54) is 25.7 Å². The summed E-state index contributed by atoms with van der Waals surface area (Å²) in [5.74, 6) is 1.78. The maximum absolute atomic E-state index is 5.89. The lowest BCUT2D eigenvalue weighted by atomic mass is 10.1. The van der Waals surface area contributed by atoms with Gasteiger partial charge in [-0.2, -0.15) is 0 Å². The average Bonchev–Trinajstić information content (AvgIpc) is 2.61. The molecule has 1 unspecified atom stereocenters. The van der Waals surface area contributed by atoms with Crippen LogP contribution in [0.5, 0.6) is 11.5 Å². The van der Waals surface area contributed by atoms with Crippen LogP contribution in [0, 0.1) is 0 Å². The number of rotatable bonds is 11. The van der Waals surface area contributed by atoms with Crippen molar-refractivity contribution in [3.8, 4) is 11.5 Å². The van der Waals surface area contributed by atoms with E-state index in [4.69, 9.17) is 20.9 Å². The minimum absolute atomic E-state index is 0.234. The second-order valence-corrected chi connectivity index (χ2v) is 6.47. The van der Waals surface area contributed by atoms with Gasteiger partial charge in [-0.05, 0) is 74.7 Å². The lowest BCUT2D eigenvalue weighted by Gasteiger charge is -2.14. The van der Waals surface area contributed by atoms with Crippen LogP contribution in [0.15, 0.2) is 48.5 Å². The quantitative estimate of drug-likeness (QED) is 0.443. The Balaban J connectivity index is 1.46. The molecule has 0 aliphatic carbocycles. The van der Waals surface area contributed by atoms with E-state index >= 15 is 0 Å². The van der Waals surface area contributed by atoms with Crippen molar-refractivity contribution >= 4 is 11.4 Å². The SMILES string of the molecule is CC(CCCCCCCOc1ccc(N)cc1)Oc1ccc(N)cc1. The molecule has 0 saturated carbocycles. The second-order valence-electron chi connectivity index (χ2n) is 6.47. The van der Waals surface area contributed by atoms with Crippen LogP contribution in [-0.4, -0.2) is 12.7 Å². The highest BCUT2D eigenvalue weighted by Crippen LogP contribution is 2.17. The maximum atomic E-state index is 5.89. The number of hydrogen-bond acceptors (Lipinski definition) is 4. The summed E-state index contributed by atoms with van der Waals surface area (Å²) in [6.45, 7) is 2.89. The molecule has 1 atom stereocenters. The van der Waals surface area contributed by atoms with Crippen molar-refractivity contribution in [3.05, 3.63) is 48.5 Å². The molecule has 4 nitrogen and oxygen atoms in total. The summed E-state index contributed by atoms with van der Waals surface area (Å²) in [7, 11) is 0. The molecule has 4 N–H and O–H groups in total. The summed E-state index contributed by atoms with van der Waals surface area (Å²) in [5, 5.41) is 0. The maximum Gasteiger partial charge on any atom is 0.119 e. The first-order valence-electron chi connectivity index (χ1n) is 9.14. The highest BCUT2D eigenvalue weighted by molar-refractivity contribution is 5.42. The van der Waals surface area contributed by atoms with Gasteiger partial charge in [-0.3, -0.25) is 0 Å². The van der Waals surface area contributed by atoms with Gasteiger partial charge in [0.1, 0.15) is 11.5 Å². The summed E-state index contributed by atoms with van der Waals surface area (Å²) in [4.78, 5) is 0. The van der Waals surface area contributed by atoms with E-state index in [-0.39, 0.29) is 6.10 Å². The fourth-order valence-electron chi connectivity index (χ4n) is 2.66. The van der Waals surface area contributed by atoms with E-state index < -0.39 is 0 Å². The minimum Gasteiger partial charge on any atom is -0.494 e. The van der Waals surface area contributed by atoms with Crippen molar-refractivity contribution in [1.29, 1.82) is 0 Å². The first-order chi connectivity index (χ1) is 12.1. The highest BCUT2D eigenvalue weighted by atomic mass is 16.5. The van der Waals surface area contributed by atoms with Crippen LogP contribution in [0.25, 0.3) is 0 Å². The third-order valence-electron chi connectivity index (χ3n) is 4.12. The van der Waals surface area contributed by atoms with E-state index in [1.807, 2.05) is 48.5 Å². The van der Waals surface area contributed by atoms with Gasteiger partial charge in [0.25, 0.3) is 0 Å². The molecule has 0 bridgehead atoms. The Morgan fingerprint density at radius 2 is 1.24 bits per heavy atom. The van der Waals surface area contributed by atoms with Gasteiger partial charge >= 0.3 is 0 Å². The van der Waals surface area contributed by atoms with Crippen molar-refractivity contribution in [1.82, 2.24) is 0 Å². The summed E-state index contributed by atoms with van der Waals surface area (Å²) in [5.41, 5.74) is 12.9. The average molecular weight is 342 g/mol. The predicted molar refractivity (Wildman–Crippen MR) is 105 cm³/mol. The topological polar surface area (TPSA) is 70.5 Å². The van der Waals surface area contributed by atoms with Crippen LogP contribution in [0.2, 0.25) is 0 Å². The summed E-state index contributed by atoms with van der Waals surface area (Å²) < 4.78 is 11.6. The molecular formula is C21H30N2O2. The molecule has 0 aliphatic heterocycles. The molecule has 0 aliphatic rings. The van der Waals surface area contributed by atoms with Crippen LogP contribution < -0.4 is 20.9 Å². The number of anilines is 2. The molecule has 0 heterocycles. The molecule has 0 aromatic heterocycles. The Hall–Kier alpha value is -2.36. The van der Waals surface area contributed by atoms with E-state index in [0.29, 0.717) is 0 Å². The molecule has 4 heteroatoms. The van der Waals surface area contributed by atoms with Crippen molar-refractivity contribution in [2.45, 2.75) is 51.6 Å². The standard InChI is InChI=1S/C21H30N2O2/c1-17(25-21-14-10-19(23)11-15-21)7-5-3-2-4-6-16-24-20-12-8-18(22)9-13-20/h8-15,17H,2-7,16,22-23H2,1H3. The zero-order chi connectivity index (χ0) is 17.9. The Morgan fingerprint density at radius 1 is 0.720 bits per heavy atom. The fraction of sp³-hybridized carbons (Fsp3) is 0.429. The Bertz CT molecular complexity index is 596. The first kappa shape index (κ1) is 19.0. The molecule has 136 valence electrons. The number of ether oxygens (including phenoxy) is 2. The van der Waals surface area contributed by atoms with E-state index in [2.05, 4.69) is 6.92 Å². The molecule has 2 aromatic carbocycles. The molecule has 0 radical (unpaired) electrons. The Morgan fingerprint density at radius 3 is 1.88 bits per heavy atom. The van der Waals surface area contributed by atoms with Crippen molar-refractivity contribution in [2.75, 3.05) is 18.1 Å². The molecule has 0 fully saturated rings. The van der Waals surface area contributed by atoms with Crippen LogP contribution in [0.4, 0.5) is 11.4 Å². The zero-order valence-electron chi connectivity index (χ0n) is 15.1. The van der Waals surface area contributed by atoms with Crippen molar-refractivity contribution < 1.29 is 9.47 Å². The van der Waals surface area contributed by atoms with Crippen LogP contribution in [0.3, 0.4) is 0 Å². The summed E-state index contributed by atoms with van der Waals surface area (Å²) in [6.07, 6.45) is 7.25. The molecule has 25 heavy (non-hydrogen) atoms. The monoisotopic (exact) mass is 342 g/mol. The minimum atomic E-state index is 0.234. The van der Waals surface area contributed by atoms with Gasteiger partial charge in [-0.25, -0.2) is 0 Å². The smallest absolute Gasteiger partial charge is 0.119 e. The van der Waals surface area contributed by atoms with E-state index in [1.54, 1.807) is 0 Å². The van der Waals surface area contributed by atoms with Gasteiger partial charge in [0, 0.05) is 11.4 Å². The molecule has 0 spiro atoms. The fourth-order valence-corrected chi connectivity index (χ4v) is 2.66. The highest BCUT2D eigenvalue weighted by Gasteiger charge is 2.04. The number of benzene rings is 2.